The fraction of sp³-hybridized carbons (Fsp3) is 0.200. The first-order valence-corrected chi connectivity index (χ1v) is 15.2. The summed E-state index contributed by atoms with van der Waals surface area (Å²) in [6.07, 6.45) is 11.8. The predicted molar refractivity (Wildman–Crippen MR) is 176 cm³/mol. The topological polar surface area (TPSA) is 47.7 Å². The molecule has 8 rings (SSSR count). The maximum absolute atomic E-state index is 8.44. The van der Waals surface area contributed by atoms with Crippen LogP contribution in [0.2, 0.25) is 0 Å². The maximum atomic E-state index is 8.44. The van der Waals surface area contributed by atoms with Crippen LogP contribution in [0.3, 0.4) is 0 Å². The Hall–Kier alpha value is -4.56. The highest BCUT2D eigenvalue weighted by atomic mass is 14.6. The molecule has 0 amide bonds. The Balaban J connectivity index is 1.39. The van der Waals surface area contributed by atoms with Crippen molar-refractivity contribution in [2.45, 2.75) is 26.2 Å². The first-order valence-electron chi connectivity index (χ1n) is 15.2. The molecule has 0 radical (unpaired) electrons. The fourth-order valence-electron chi connectivity index (χ4n) is 8.57. The molecular weight excluding hydrogens is 508 g/mol. The summed E-state index contributed by atoms with van der Waals surface area (Å²) < 4.78 is 0. The zero-order valence-corrected chi connectivity index (χ0v) is 24.1. The number of allylic oxidation sites excluding steroid dienone is 10. The first kappa shape index (κ1) is 25.2. The molecule has 2 nitrogen and oxygen atoms in total. The van der Waals surface area contributed by atoms with Gasteiger partial charge >= 0.3 is 0 Å². The molecule has 0 aliphatic heterocycles. The molecule has 42 heavy (non-hydrogen) atoms. The van der Waals surface area contributed by atoms with E-state index in [-0.39, 0.29) is 5.71 Å². The van der Waals surface area contributed by atoms with Crippen molar-refractivity contribution < 1.29 is 0 Å². The highest BCUT2D eigenvalue weighted by Crippen LogP contribution is 2.65. The van der Waals surface area contributed by atoms with Crippen LogP contribution in [-0.2, 0) is 0 Å². The summed E-state index contributed by atoms with van der Waals surface area (Å²) in [4.78, 5) is 0. The number of hydrogen-bond donors (Lipinski definition) is 2. The van der Waals surface area contributed by atoms with Gasteiger partial charge in [-0.2, -0.15) is 0 Å². The zero-order chi connectivity index (χ0) is 28.5. The van der Waals surface area contributed by atoms with Crippen molar-refractivity contribution in [1.29, 1.82) is 10.8 Å². The second-order valence-electron chi connectivity index (χ2n) is 12.5. The molecule has 0 heterocycles. The lowest BCUT2D eigenvalue weighted by atomic mass is 9.53. The Bertz CT molecular complexity index is 1990. The van der Waals surface area contributed by atoms with Crippen LogP contribution >= 0.6 is 0 Å². The molecule has 0 aromatic heterocycles. The maximum Gasteiger partial charge on any atom is 0.0795 e. The number of benzene rings is 4. The van der Waals surface area contributed by atoms with Gasteiger partial charge in [-0.15, -0.1) is 0 Å². The molecule has 2 bridgehead atoms. The molecule has 4 aliphatic rings. The number of fused-ring (bicyclic) bond motifs is 3. The van der Waals surface area contributed by atoms with E-state index in [4.69, 9.17) is 10.8 Å². The minimum atomic E-state index is 0.285. The summed E-state index contributed by atoms with van der Waals surface area (Å²) in [6, 6.07) is 31.5. The van der Waals surface area contributed by atoms with Crippen LogP contribution in [0.15, 0.2) is 138 Å². The third-order valence-corrected chi connectivity index (χ3v) is 10.3. The summed E-state index contributed by atoms with van der Waals surface area (Å²) >= 11 is 0. The number of hydrogen-bond acceptors (Lipinski definition) is 2. The third-order valence-electron chi connectivity index (χ3n) is 10.3. The minimum absolute atomic E-state index is 0.285. The molecule has 0 saturated heterocycles. The van der Waals surface area contributed by atoms with Gasteiger partial charge in [-0.3, -0.25) is 10.8 Å². The Morgan fingerprint density at radius 3 is 2.10 bits per heavy atom. The predicted octanol–water partition coefficient (Wildman–Crippen LogP) is 9.85. The van der Waals surface area contributed by atoms with Gasteiger partial charge in [0.05, 0.1) is 11.4 Å². The zero-order valence-electron chi connectivity index (χ0n) is 24.1. The number of nitrogens with one attached hydrogen (secondary N) is 2. The van der Waals surface area contributed by atoms with Gasteiger partial charge in [-0.25, -0.2) is 0 Å². The lowest BCUT2D eigenvalue weighted by Crippen LogP contribution is -2.41. The van der Waals surface area contributed by atoms with E-state index in [9.17, 15) is 0 Å². The van der Waals surface area contributed by atoms with Crippen molar-refractivity contribution in [2.75, 3.05) is 0 Å². The van der Waals surface area contributed by atoms with E-state index in [1.165, 1.54) is 55.0 Å². The summed E-state index contributed by atoms with van der Waals surface area (Å²) in [5.74, 6) is 2.08. The van der Waals surface area contributed by atoms with E-state index in [0.29, 0.717) is 35.3 Å². The Kier molecular flexibility index (Phi) is 5.69. The lowest BCUT2D eigenvalue weighted by molar-refractivity contribution is 0.160. The van der Waals surface area contributed by atoms with Gasteiger partial charge in [0.1, 0.15) is 0 Å². The van der Waals surface area contributed by atoms with E-state index >= 15 is 0 Å². The van der Waals surface area contributed by atoms with Crippen molar-refractivity contribution in [3.05, 3.63) is 149 Å². The van der Waals surface area contributed by atoms with E-state index in [2.05, 4.69) is 117 Å². The van der Waals surface area contributed by atoms with Gasteiger partial charge in [-0.05, 0) is 122 Å². The summed E-state index contributed by atoms with van der Waals surface area (Å²) in [5.41, 5.74) is 10.1. The molecule has 4 aromatic carbocycles. The molecule has 2 N–H and O–H groups in total. The normalized spacial score (nSPS) is 27.7. The van der Waals surface area contributed by atoms with Crippen LogP contribution in [-0.4, -0.2) is 11.4 Å². The fourth-order valence-corrected chi connectivity index (χ4v) is 8.57. The molecule has 1 saturated carbocycles. The van der Waals surface area contributed by atoms with Crippen LogP contribution in [0.4, 0.5) is 0 Å². The molecule has 5 atom stereocenters. The van der Waals surface area contributed by atoms with Crippen molar-refractivity contribution in [3.63, 3.8) is 0 Å². The van der Waals surface area contributed by atoms with E-state index in [1.54, 1.807) is 6.08 Å². The summed E-state index contributed by atoms with van der Waals surface area (Å²) in [7, 11) is 0. The van der Waals surface area contributed by atoms with Crippen molar-refractivity contribution >= 4 is 38.5 Å². The Morgan fingerprint density at radius 2 is 1.38 bits per heavy atom. The van der Waals surface area contributed by atoms with Crippen LogP contribution < -0.4 is 0 Å². The molecule has 1 fully saturated rings. The summed E-state index contributed by atoms with van der Waals surface area (Å²) in [5, 5.41) is 21.7. The first-order chi connectivity index (χ1) is 20.5. The van der Waals surface area contributed by atoms with Gasteiger partial charge in [0.2, 0.25) is 0 Å². The van der Waals surface area contributed by atoms with Crippen molar-refractivity contribution in [3.8, 4) is 0 Å². The molecule has 2 heteroatoms. The van der Waals surface area contributed by atoms with E-state index in [1.807, 2.05) is 6.08 Å². The lowest BCUT2D eigenvalue weighted by Gasteiger charge is -2.50. The van der Waals surface area contributed by atoms with Crippen molar-refractivity contribution in [1.82, 2.24) is 0 Å². The monoisotopic (exact) mass is 542 g/mol. The molecule has 204 valence electrons. The second kappa shape index (κ2) is 9.49. The highest BCUT2D eigenvalue weighted by Gasteiger charge is 2.54. The van der Waals surface area contributed by atoms with Gasteiger partial charge in [0.25, 0.3) is 0 Å². The van der Waals surface area contributed by atoms with Crippen LogP contribution in [0.25, 0.3) is 27.1 Å². The molecule has 4 aromatic rings. The van der Waals surface area contributed by atoms with Crippen LogP contribution in [0.5, 0.6) is 0 Å². The molecule has 4 aliphatic carbocycles. The Morgan fingerprint density at radius 1 is 0.690 bits per heavy atom. The minimum Gasteiger partial charge on any atom is -0.299 e. The van der Waals surface area contributed by atoms with Crippen LogP contribution in [0, 0.1) is 34.5 Å². The van der Waals surface area contributed by atoms with Crippen molar-refractivity contribution in [2.24, 2.45) is 23.7 Å². The molecule has 5 unspecified atom stereocenters. The van der Waals surface area contributed by atoms with Gasteiger partial charge in [0.15, 0.2) is 0 Å². The smallest absolute Gasteiger partial charge is 0.0795 e. The van der Waals surface area contributed by atoms with Gasteiger partial charge < -0.3 is 0 Å². The van der Waals surface area contributed by atoms with Gasteiger partial charge in [-0.1, -0.05) is 104 Å². The SMILES string of the molecule is C/C=C1/C(c2ccc3ccccc3c2)=C2C=C(C3=CC(=N)C(=N)C=C3)C3C(C)CC1C(c1ccc4ccccc4c1)C23. The van der Waals surface area contributed by atoms with E-state index < -0.39 is 0 Å². The van der Waals surface area contributed by atoms with Gasteiger partial charge in [0, 0.05) is 0 Å². The molecular formula is C40H34N2. The second-order valence-corrected chi connectivity index (χ2v) is 12.5. The summed E-state index contributed by atoms with van der Waals surface area (Å²) in [6.45, 7) is 4.66. The van der Waals surface area contributed by atoms with E-state index in [0.717, 1.165) is 12.0 Å². The average Bonchev–Trinajstić information content (AvgIpc) is 3.43. The standard InChI is InChI=1S/C40H34N2/c1-3-31-33-18-23(2)37-32(28-16-17-35(41)36(42)21-28)22-34(38(31)29-14-12-24-8-4-6-10-26(24)19-29)40(37)39(33)30-15-13-25-9-5-7-11-27(25)20-30/h3-17,19-23,33,37,39-42H,18H2,1-2H3/b31-3+,41-35?,42-36?. The number of rotatable bonds is 3. The highest BCUT2D eigenvalue weighted by molar-refractivity contribution is 6.49. The van der Waals surface area contributed by atoms with Crippen LogP contribution in [0.1, 0.15) is 37.3 Å². The average molecular weight is 543 g/mol. The quantitative estimate of drug-likeness (QED) is 0.242. The largest absolute Gasteiger partial charge is 0.299 e. The molecule has 0 spiro atoms. The third kappa shape index (κ3) is 3.71. The Labute approximate surface area is 247 Å².